The summed E-state index contributed by atoms with van der Waals surface area (Å²) in [5.41, 5.74) is 0. The van der Waals surface area contributed by atoms with Crippen molar-refractivity contribution >= 4 is 42.7 Å². The molecule has 3 N–H and O–H groups in total. The van der Waals surface area contributed by atoms with Gasteiger partial charge in [-0.05, 0) is 27.3 Å². The van der Waals surface area contributed by atoms with E-state index in [1.807, 2.05) is 20.8 Å². The van der Waals surface area contributed by atoms with Gasteiger partial charge in [-0.3, -0.25) is 4.79 Å². The summed E-state index contributed by atoms with van der Waals surface area (Å²) < 4.78 is 53.2. The number of thioether (sulfide) groups is 1. The molecule has 12 nitrogen and oxygen atoms in total. The third-order valence-electron chi connectivity index (χ3n) is 3.94. The summed E-state index contributed by atoms with van der Waals surface area (Å²) in [5, 5.41) is 8.68. The molecule has 1 unspecified atom stereocenters. The second kappa shape index (κ2) is 21.7. The number of hydrogen-bond donors (Lipinski definition) is 3. The van der Waals surface area contributed by atoms with Crippen molar-refractivity contribution in [2.24, 2.45) is 5.92 Å². The molecule has 0 aliphatic carbocycles. The molecule has 34 heavy (non-hydrogen) atoms. The first-order valence-electron chi connectivity index (χ1n) is 10.9. The second-order valence-electron chi connectivity index (χ2n) is 6.78. The Morgan fingerprint density at radius 3 is 2.06 bits per heavy atom. The van der Waals surface area contributed by atoms with Crippen LogP contribution in [0.4, 0.5) is 4.79 Å². The van der Waals surface area contributed by atoms with E-state index in [9.17, 15) is 22.6 Å². The van der Waals surface area contributed by atoms with Crippen LogP contribution in [-0.4, -0.2) is 97.2 Å². The van der Waals surface area contributed by atoms with Gasteiger partial charge in [0.2, 0.25) is 0 Å². The summed E-state index contributed by atoms with van der Waals surface area (Å²) in [5.74, 6) is -1.54. The van der Waals surface area contributed by atoms with Gasteiger partial charge < -0.3 is 38.5 Å². The largest absolute Gasteiger partial charge is 1.00 e. The number of rotatable bonds is 20. The summed E-state index contributed by atoms with van der Waals surface area (Å²) in [6.07, 6.45) is 0. The molecule has 0 bridgehead atoms. The van der Waals surface area contributed by atoms with Crippen LogP contribution in [0.25, 0.3) is 0 Å². The first kappa shape index (κ1) is 36.8. The molecule has 0 aliphatic heterocycles. The Morgan fingerprint density at radius 1 is 0.971 bits per heavy atom. The standard InChI is InChI=1S/C18H39N3O9S2Si.K/c1-5-28-33(29-6-2,30-7-3)13-11-19-8-9-20-18(23)21-10-12-31-14-16(4)17(22)27-15-32(24,25)26;/h16,19H,5-15H2,1-4H3,(H2,20,21,23)(H,24,25,26);/q;+1/p-1. The minimum atomic E-state index is -4.59. The molecule has 0 heterocycles. The summed E-state index contributed by atoms with van der Waals surface area (Å²) in [7, 11) is -7.26. The predicted molar refractivity (Wildman–Crippen MR) is 127 cm³/mol. The molecule has 2 amide bonds. The quantitative estimate of drug-likeness (QED) is 0.0605. The second-order valence-corrected chi connectivity index (χ2v) is 12.0. The van der Waals surface area contributed by atoms with Crippen LogP contribution in [0.2, 0.25) is 6.04 Å². The van der Waals surface area contributed by atoms with Crippen molar-refractivity contribution in [2.75, 3.05) is 63.4 Å². The first-order valence-corrected chi connectivity index (χ1v) is 15.6. The van der Waals surface area contributed by atoms with E-state index >= 15 is 0 Å². The van der Waals surface area contributed by atoms with E-state index in [-0.39, 0.29) is 57.4 Å². The fourth-order valence-electron chi connectivity index (χ4n) is 2.53. The van der Waals surface area contributed by atoms with Crippen LogP contribution >= 0.6 is 11.8 Å². The van der Waals surface area contributed by atoms with Gasteiger partial charge in [0.25, 0.3) is 0 Å². The van der Waals surface area contributed by atoms with E-state index in [1.165, 1.54) is 11.8 Å². The van der Waals surface area contributed by atoms with Crippen molar-refractivity contribution < 1.29 is 92.0 Å². The molecule has 0 fully saturated rings. The number of esters is 1. The molecular formula is C18H38KN3O9S2Si. The molecule has 0 aromatic carbocycles. The first-order chi connectivity index (χ1) is 15.6. The third-order valence-corrected chi connectivity index (χ3v) is 8.62. The number of amides is 2. The van der Waals surface area contributed by atoms with E-state index in [4.69, 9.17) is 13.3 Å². The average molecular weight is 572 g/mol. The van der Waals surface area contributed by atoms with Gasteiger partial charge in [-0.25, -0.2) is 13.2 Å². The molecule has 1 atom stereocenters. The molecule has 16 heteroatoms. The smallest absolute Gasteiger partial charge is 0.745 e. The van der Waals surface area contributed by atoms with Crippen LogP contribution in [0, 0.1) is 5.92 Å². The van der Waals surface area contributed by atoms with Crippen LogP contribution in [0.15, 0.2) is 0 Å². The maximum absolute atomic E-state index is 11.8. The van der Waals surface area contributed by atoms with Crippen LogP contribution in [0.3, 0.4) is 0 Å². The monoisotopic (exact) mass is 571 g/mol. The zero-order valence-corrected chi connectivity index (χ0v) is 26.6. The fourth-order valence-corrected chi connectivity index (χ4v) is 6.18. The van der Waals surface area contributed by atoms with Crippen LogP contribution < -0.4 is 67.3 Å². The molecule has 0 rings (SSSR count). The van der Waals surface area contributed by atoms with Gasteiger partial charge in [-0.1, -0.05) is 6.92 Å². The van der Waals surface area contributed by atoms with Crippen LogP contribution in [-0.2, 0) is 32.9 Å². The number of carbonyl (C=O) groups excluding carboxylic acids is 2. The predicted octanol–water partition coefficient (Wildman–Crippen LogP) is -2.66. The zero-order valence-electron chi connectivity index (χ0n) is 20.8. The van der Waals surface area contributed by atoms with Crippen molar-refractivity contribution in [1.29, 1.82) is 0 Å². The van der Waals surface area contributed by atoms with Crippen molar-refractivity contribution in [2.45, 2.75) is 33.7 Å². The molecule has 0 aromatic heterocycles. The molecule has 0 aliphatic rings. The molecule has 0 spiro atoms. The Morgan fingerprint density at radius 2 is 1.53 bits per heavy atom. The minimum Gasteiger partial charge on any atom is -0.745 e. The maximum atomic E-state index is 11.8. The Labute approximate surface area is 251 Å². The van der Waals surface area contributed by atoms with Gasteiger partial charge >= 0.3 is 72.2 Å². The van der Waals surface area contributed by atoms with Crippen molar-refractivity contribution in [3.63, 3.8) is 0 Å². The zero-order chi connectivity index (χ0) is 25.2. The van der Waals surface area contributed by atoms with Gasteiger partial charge in [0.05, 0.1) is 5.92 Å². The summed E-state index contributed by atoms with van der Waals surface area (Å²) >= 11 is 1.40. The van der Waals surface area contributed by atoms with Crippen LogP contribution in [0.1, 0.15) is 27.7 Å². The summed E-state index contributed by atoms with van der Waals surface area (Å²) in [6.45, 7) is 11.0. The van der Waals surface area contributed by atoms with Crippen molar-refractivity contribution in [3.05, 3.63) is 0 Å². The van der Waals surface area contributed by atoms with E-state index < -0.39 is 36.7 Å². The van der Waals surface area contributed by atoms with Gasteiger partial charge in [0.15, 0.2) is 5.94 Å². The topological polar surface area (TPSA) is 164 Å². The molecule has 0 radical (unpaired) electrons. The molecular weight excluding hydrogens is 534 g/mol. The number of nitrogens with one attached hydrogen (secondary N) is 3. The molecule has 0 aromatic rings. The Balaban J connectivity index is 0. The number of urea groups is 1. The molecule has 196 valence electrons. The van der Waals surface area contributed by atoms with Gasteiger partial charge in [-0.2, -0.15) is 11.8 Å². The SMILES string of the molecule is CCO[Si](CCNCCNC(=O)NCCSCC(C)C(=O)OCS(=O)(=O)[O-])(OCC)OCC.[K+]. The molecule has 0 saturated carbocycles. The van der Waals surface area contributed by atoms with Crippen molar-refractivity contribution in [3.8, 4) is 0 Å². The number of carbonyl (C=O) groups is 2. The average Bonchev–Trinajstić information content (AvgIpc) is 2.74. The Bertz CT molecular complexity index is 646. The van der Waals surface area contributed by atoms with Gasteiger partial charge in [-0.15, -0.1) is 0 Å². The molecule has 0 saturated heterocycles. The van der Waals surface area contributed by atoms with Gasteiger partial charge in [0.1, 0.15) is 10.1 Å². The van der Waals surface area contributed by atoms with Crippen molar-refractivity contribution in [1.82, 2.24) is 16.0 Å². The van der Waals surface area contributed by atoms with E-state index in [2.05, 4.69) is 20.7 Å². The maximum Gasteiger partial charge on any atom is 1.00 e. The number of hydrogen-bond acceptors (Lipinski definition) is 11. The van der Waals surface area contributed by atoms with E-state index in [0.29, 0.717) is 63.5 Å². The van der Waals surface area contributed by atoms with Gasteiger partial charge in [0, 0.05) is 57.0 Å². The minimum absolute atomic E-state index is 0. The van der Waals surface area contributed by atoms with E-state index in [0.717, 1.165) is 0 Å². The number of ether oxygens (including phenoxy) is 1. The Kier molecular flexibility index (Phi) is 23.6. The van der Waals surface area contributed by atoms with E-state index in [1.54, 1.807) is 6.92 Å². The Hall–Kier alpha value is 0.693. The third kappa shape index (κ3) is 19.8. The normalized spacial score (nSPS) is 12.5. The van der Waals surface area contributed by atoms with Crippen LogP contribution in [0.5, 0.6) is 0 Å². The summed E-state index contributed by atoms with van der Waals surface area (Å²) in [6, 6.07) is 0.345. The fraction of sp³-hybridized carbons (Fsp3) is 0.889. The summed E-state index contributed by atoms with van der Waals surface area (Å²) in [4.78, 5) is 23.4.